The Balaban J connectivity index is 1.87. The summed E-state index contributed by atoms with van der Waals surface area (Å²) in [6.45, 7) is 0.240. The first-order chi connectivity index (χ1) is 13.1. The maximum absolute atomic E-state index is 12.4. The molecule has 3 rings (SSSR count). The van der Waals surface area contributed by atoms with Gasteiger partial charge in [-0.2, -0.15) is 0 Å². The van der Waals surface area contributed by atoms with Crippen LogP contribution in [0, 0.1) is 0 Å². The van der Waals surface area contributed by atoms with Gasteiger partial charge in [0.25, 0.3) is 5.91 Å². The molecule has 0 bridgehead atoms. The molecule has 0 aliphatic heterocycles. The predicted octanol–water partition coefficient (Wildman–Crippen LogP) is 3.05. The predicted molar refractivity (Wildman–Crippen MR) is 100.0 cm³/mol. The van der Waals surface area contributed by atoms with Gasteiger partial charge < -0.3 is 14.5 Å². The van der Waals surface area contributed by atoms with Crippen molar-refractivity contribution in [3.63, 3.8) is 0 Å². The summed E-state index contributed by atoms with van der Waals surface area (Å²) in [5.74, 6) is 0.211. The zero-order valence-corrected chi connectivity index (χ0v) is 14.6. The summed E-state index contributed by atoms with van der Waals surface area (Å²) < 4.78 is 10.4. The first-order valence-electron chi connectivity index (χ1n) is 8.17. The highest BCUT2D eigenvalue weighted by atomic mass is 16.5. The van der Waals surface area contributed by atoms with E-state index in [1.165, 1.54) is 6.07 Å². The summed E-state index contributed by atoms with van der Waals surface area (Å²) in [6, 6.07) is 17.5. The number of carbonyl (C=O) groups excluding carboxylic acids is 1. The Morgan fingerprint density at radius 3 is 2.44 bits per heavy atom. The van der Waals surface area contributed by atoms with Crippen LogP contribution in [-0.4, -0.2) is 18.2 Å². The van der Waals surface area contributed by atoms with Crippen LogP contribution >= 0.6 is 0 Å². The van der Waals surface area contributed by atoms with Crippen molar-refractivity contribution in [3.8, 4) is 17.1 Å². The van der Waals surface area contributed by atoms with Crippen LogP contribution in [0.15, 0.2) is 69.9 Å². The summed E-state index contributed by atoms with van der Waals surface area (Å²) in [5.41, 5.74) is 2.18. The third-order valence-corrected chi connectivity index (χ3v) is 3.97. The number of hydrogen-bond acceptors (Lipinski definition) is 6. The number of amides is 1. The number of carbonyl (C=O) groups is 1. The second kappa shape index (κ2) is 8.20. The highest BCUT2D eigenvalue weighted by Gasteiger charge is 2.19. The Kier molecular flexibility index (Phi) is 5.53. The van der Waals surface area contributed by atoms with E-state index < -0.39 is 11.5 Å². The highest BCUT2D eigenvalue weighted by molar-refractivity contribution is 5.99. The third-order valence-electron chi connectivity index (χ3n) is 3.97. The van der Waals surface area contributed by atoms with Gasteiger partial charge in [-0.15, -0.1) is 0 Å². The van der Waals surface area contributed by atoms with E-state index in [1.54, 1.807) is 31.4 Å². The van der Waals surface area contributed by atoms with Crippen molar-refractivity contribution < 1.29 is 19.2 Å². The molecule has 27 heavy (non-hydrogen) atoms. The van der Waals surface area contributed by atoms with Crippen LogP contribution in [0.5, 0.6) is 5.75 Å². The molecule has 1 aromatic heterocycles. The van der Waals surface area contributed by atoms with Crippen molar-refractivity contribution in [3.05, 3.63) is 82.2 Å². The fraction of sp³-hybridized carbons (Fsp3) is 0.100. The Morgan fingerprint density at radius 1 is 1.11 bits per heavy atom. The summed E-state index contributed by atoms with van der Waals surface area (Å²) in [5, 5.41) is 12.0. The second-order valence-electron chi connectivity index (χ2n) is 5.70. The molecule has 0 fully saturated rings. The van der Waals surface area contributed by atoms with Gasteiger partial charge in [-0.1, -0.05) is 30.3 Å². The normalized spacial score (nSPS) is 10.3. The van der Waals surface area contributed by atoms with E-state index in [9.17, 15) is 14.8 Å². The van der Waals surface area contributed by atoms with Crippen LogP contribution in [0.1, 0.15) is 15.9 Å². The average molecular weight is 366 g/mol. The van der Waals surface area contributed by atoms with Crippen molar-refractivity contribution in [1.29, 1.82) is 0 Å². The van der Waals surface area contributed by atoms with E-state index in [-0.39, 0.29) is 23.6 Å². The molecule has 3 N–H and O–H groups in total. The van der Waals surface area contributed by atoms with E-state index >= 15 is 0 Å². The monoisotopic (exact) mass is 366 g/mol. The van der Waals surface area contributed by atoms with Gasteiger partial charge in [0, 0.05) is 18.2 Å². The minimum Gasteiger partial charge on any atom is -0.497 e. The standard InChI is InChI=1S/C20H18N2O5/c1-26-15-9-7-14(8-10-15)17-11-16(22-25)18(20(24)27-17)19(23)21-12-13-5-3-2-4-6-13/h2-11,22,25H,12H2,1H3,(H,21,23). The molecule has 3 aromatic rings. The number of benzene rings is 2. The second-order valence-corrected chi connectivity index (χ2v) is 5.70. The van der Waals surface area contributed by atoms with Gasteiger partial charge in [0.1, 0.15) is 11.5 Å². The molecule has 1 amide bonds. The molecule has 7 heteroatoms. The fourth-order valence-corrected chi connectivity index (χ4v) is 2.56. The van der Waals surface area contributed by atoms with E-state index in [2.05, 4.69) is 5.32 Å². The van der Waals surface area contributed by atoms with Crippen LogP contribution in [0.4, 0.5) is 5.69 Å². The quantitative estimate of drug-likeness (QED) is 0.580. The zero-order valence-electron chi connectivity index (χ0n) is 14.6. The van der Waals surface area contributed by atoms with Crippen LogP contribution in [0.3, 0.4) is 0 Å². The van der Waals surface area contributed by atoms with Crippen LogP contribution in [0.2, 0.25) is 0 Å². The lowest BCUT2D eigenvalue weighted by atomic mass is 10.1. The summed E-state index contributed by atoms with van der Waals surface area (Å²) in [6.07, 6.45) is 0. The number of anilines is 1. The van der Waals surface area contributed by atoms with Gasteiger partial charge in [-0.05, 0) is 29.8 Å². The number of rotatable bonds is 6. The van der Waals surface area contributed by atoms with Crippen molar-refractivity contribution in [2.45, 2.75) is 6.54 Å². The molecule has 0 aliphatic carbocycles. The van der Waals surface area contributed by atoms with Gasteiger partial charge in [0.2, 0.25) is 0 Å². The summed E-state index contributed by atoms with van der Waals surface area (Å²) >= 11 is 0. The highest BCUT2D eigenvalue weighted by Crippen LogP contribution is 2.25. The van der Waals surface area contributed by atoms with Gasteiger partial charge in [-0.25, -0.2) is 4.79 Å². The van der Waals surface area contributed by atoms with E-state index in [4.69, 9.17) is 9.15 Å². The topological polar surface area (TPSA) is 101 Å². The van der Waals surface area contributed by atoms with Gasteiger partial charge in [0.15, 0.2) is 5.56 Å². The molecule has 138 valence electrons. The lowest BCUT2D eigenvalue weighted by Gasteiger charge is -2.10. The lowest BCUT2D eigenvalue weighted by molar-refractivity contribution is 0.0947. The number of ether oxygens (including phenoxy) is 1. The van der Waals surface area contributed by atoms with E-state index in [0.717, 1.165) is 5.56 Å². The summed E-state index contributed by atoms with van der Waals surface area (Å²) in [4.78, 5) is 24.8. The Labute approximate surface area is 155 Å². The average Bonchev–Trinajstić information content (AvgIpc) is 2.72. The van der Waals surface area contributed by atoms with Gasteiger partial charge in [-0.3, -0.25) is 15.5 Å². The maximum atomic E-state index is 12.4. The van der Waals surface area contributed by atoms with Crippen LogP contribution in [-0.2, 0) is 6.54 Å². The van der Waals surface area contributed by atoms with E-state index in [1.807, 2.05) is 35.8 Å². The molecule has 0 aliphatic rings. The van der Waals surface area contributed by atoms with Crippen molar-refractivity contribution in [1.82, 2.24) is 5.32 Å². The molecular formula is C20H18N2O5. The molecule has 1 heterocycles. The SMILES string of the molecule is COc1ccc(-c2cc(NO)c(C(=O)NCc3ccccc3)c(=O)o2)cc1. The van der Waals surface area contributed by atoms with Crippen LogP contribution < -0.4 is 21.2 Å². The Hall–Kier alpha value is -3.58. The van der Waals surface area contributed by atoms with Crippen molar-refractivity contribution >= 4 is 11.6 Å². The third kappa shape index (κ3) is 4.16. The number of hydrogen-bond donors (Lipinski definition) is 3. The number of methoxy groups -OCH3 is 1. The molecule has 0 spiro atoms. The summed E-state index contributed by atoms with van der Waals surface area (Å²) in [7, 11) is 1.55. The van der Waals surface area contributed by atoms with Crippen molar-refractivity contribution in [2.24, 2.45) is 0 Å². The van der Waals surface area contributed by atoms with Crippen molar-refractivity contribution in [2.75, 3.05) is 12.6 Å². The molecule has 7 nitrogen and oxygen atoms in total. The Bertz CT molecular complexity index is 982. The number of nitrogens with one attached hydrogen (secondary N) is 2. The minimum absolute atomic E-state index is 0.0392. The molecule has 0 atom stereocenters. The smallest absolute Gasteiger partial charge is 0.351 e. The first kappa shape index (κ1) is 18.2. The van der Waals surface area contributed by atoms with E-state index in [0.29, 0.717) is 11.3 Å². The zero-order chi connectivity index (χ0) is 19.2. The van der Waals surface area contributed by atoms with Crippen LogP contribution in [0.25, 0.3) is 11.3 Å². The minimum atomic E-state index is -0.856. The molecule has 0 radical (unpaired) electrons. The maximum Gasteiger partial charge on any atom is 0.351 e. The molecule has 0 saturated heterocycles. The molecular weight excluding hydrogens is 348 g/mol. The molecule has 0 unspecified atom stereocenters. The fourth-order valence-electron chi connectivity index (χ4n) is 2.56. The first-order valence-corrected chi connectivity index (χ1v) is 8.17. The largest absolute Gasteiger partial charge is 0.497 e. The molecule has 2 aromatic carbocycles. The lowest BCUT2D eigenvalue weighted by Crippen LogP contribution is -2.29. The molecule has 0 saturated carbocycles. The van der Waals surface area contributed by atoms with Gasteiger partial charge in [0.05, 0.1) is 12.8 Å². The Morgan fingerprint density at radius 2 is 1.81 bits per heavy atom. The van der Waals surface area contributed by atoms with Gasteiger partial charge >= 0.3 is 5.63 Å².